The normalized spacial score (nSPS) is 16.3. The van der Waals surface area contributed by atoms with Gasteiger partial charge < -0.3 is 0 Å². The SMILES string of the molecule is CN(CC(=O)c1ccc(C#N)cc1)C1CCCCC1. The Hall–Kier alpha value is -1.66. The number of Topliss-reactive ketones (excluding diaryl/α,β-unsaturated/α-hetero) is 1. The third kappa shape index (κ3) is 3.65. The summed E-state index contributed by atoms with van der Waals surface area (Å²) in [7, 11) is 2.04. The van der Waals surface area contributed by atoms with Gasteiger partial charge in [0.25, 0.3) is 0 Å². The quantitative estimate of drug-likeness (QED) is 0.778. The lowest BCUT2D eigenvalue weighted by molar-refractivity contribution is 0.0899. The van der Waals surface area contributed by atoms with Crippen LogP contribution in [-0.2, 0) is 0 Å². The number of hydrogen-bond donors (Lipinski definition) is 0. The lowest BCUT2D eigenvalue weighted by Gasteiger charge is -2.30. The second-order valence-electron chi connectivity index (χ2n) is 5.32. The first-order chi connectivity index (χ1) is 9.20. The summed E-state index contributed by atoms with van der Waals surface area (Å²) < 4.78 is 0. The summed E-state index contributed by atoms with van der Waals surface area (Å²) in [4.78, 5) is 14.4. The van der Waals surface area contributed by atoms with E-state index in [1.165, 1.54) is 32.1 Å². The van der Waals surface area contributed by atoms with E-state index in [1.54, 1.807) is 24.3 Å². The topological polar surface area (TPSA) is 44.1 Å². The molecular formula is C16H20N2O. The second kappa shape index (κ2) is 6.49. The molecule has 0 radical (unpaired) electrons. The van der Waals surface area contributed by atoms with Gasteiger partial charge in [-0.25, -0.2) is 0 Å². The van der Waals surface area contributed by atoms with Gasteiger partial charge in [0, 0.05) is 11.6 Å². The maximum atomic E-state index is 12.2. The Kier molecular flexibility index (Phi) is 4.70. The molecule has 19 heavy (non-hydrogen) atoms. The first-order valence-electron chi connectivity index (χ1n) is 6.94. The van der Waals surface area contributed by atoms with E-state index >= 15 is 0 Å². The molecule has 0 N–H and O–H groups in total. The molecule has 0 spiro atoms. The van der Waals surface area contributed by atoms with Crippen molar-refractivity contribution in [2.75, 3.05) is 13.6 Å². The number of ketones is 1. The van der Waals surface area contributed by atoms with Crippen molar-refractivity contribution >= 4 is 5.78 Å². The van der Waals surface area contributed by atoms with Crippen LogP contribution in [0.4, 0.5) is 0 Å². The largest absolute Gasteiger partial charge is 0.296 e. The van der Waals surface area contributed by atoms with Crippen molar-refractivity contribution in [2.45, 2.75) is 38.1 Å². The lowest BCUT2D eigenvalue weighted by Crippen LogP contribution is -2.37. The number of nitriles is 1. The molecule has 3 heteroatoms. The van der Waals surface area contributed by atoms with Crippen LogP contribution >= 0.6 is 0 Å². The molecule has 3 nitrogen and oxygen atoms in total. The summed E-state index contributed by atoms with van der Waals surface area (Å²) >= 11 is 0. The number of carbonyl (C=O) groups excluding carboxylic acids is 1. The van der Waals surface area contributed by atoms with E-state index in [4.69, 9.17) is 5.26 Å². The zero-order valence-electron chi connectivity index (χ0n) is 11.4. The fraction of sp³-hybridized carbons (Fsp3) is 0.500. The number of rotatable bonds is 4. The molecule has 1 aromatic carbocycles. The zero-order chi connectivity index (χ0) is 13.7. The second-order valence-corrected chi connectivity index (χ2v) is 5.32. The van der Waals surface area contributed by atoms with Crippen molar-refractivity contribution in [3.05, 3.63) is 35.4 Å². The highest BCUT2D eigenvalue weighted by Crippen LogP contribution is 2.21. The Labute approximate surface area is 114 Å². The molecule has 2 rings (SSSR count). The van der Waals surface area contributed by atoms with Crippen LogP contribution in [0.3, 0.4) is 0 Å². The Morgan fingerprint density at radius 2 is 1.89 bits per heavy atom. The fourth-order valence-electron chi connectivity index (χ4n) is 2.70. The van der Waals surface area contributed by atoms with E-state index in [0.717, 1.165) is 0 Å². The van der Waals surface area contributed by atoms with Crippen LogP contribution < -0.4 is 0 Å². The van der Waals surface area contributed by atoms with Gasteiger partial charge in [0.05, 0.1) is 18.2 Å². The van der Waals surface area contributed by atoms with Gasteiger partial charge in [-0.1, -0.05) is 31.4 Å². The maximum Gasteiger partial charge on any atom is 0.176 e. The first-order valence-corrected chi connectivity index (χ1v) is 6.94. The average molecular weight is 256 g/mol. The summed E-state index contributed by atoms with van der Waals surface area (Å²) in [5, 5.41) is 8.74. The molecule has 0 saturated heterocycles. The van der Waals surface area contributed by atoms with Crippen molar-refractivity contribution in [2.24, 2.45) is 0 Å². The lowest BCUT2D eigenvalue weighted by atomic mass is 9.94. The molecule has 0 heterocycles. The maximum absolute atomic E-state index is 12.2. The molecule has 0 aliphatic heterocycles. The highest BCUT2D eigenvalue weighted by molar-refractivity contribution is 5.97. The minimum Gasteiger partial charge on any atom is -0.296 e. The predicted octanol–water partition coefficient (Wildman–Crippen LogP) is 3.01. The minimum atomic E-state index is 0.137. The summed E-state index contributed by atoms with van der Waals surface area (Å²) in [6.45, 7) is 0.469. The van der Waals surface area contributed by atoms with Crippen LogP contribution in [0, 0.1) is 11.3 Å². The summed E-state index contributed by atoms with van der Waals surface area (Å²) in [5.41, 5.74) is 1.29. The number of benzene rings is 1. The fourth-order valence-corrected chi connectivity index (χ4v) is 2.70. The van der Waals surface area contributed by atoms with Crippen LogP contribution in [0.15, 0.2) is 24.3 Å². The van der Waals surface area contributed by atoms with Gasteiger partial charge in [-0.15, -0.1) is 0 Å². The van der Waals surface area contributed by atoms with E-state index < -0.39 is 0 Å². The first kappa shape index (κ1) is 13.8. The monoisotopic (exact) mass is 256 g/mol. The highest BCUT2D eigenvalue weighted by atomic mass is 16.1. The van der Waals surface area contributed by atoms with Crippen LogP contribution in [0.25, 0.3) is 0 Å². The Balaban J connectivity index is 1.94. The van der Waals surface area contributed by atoms with Crippen molar-refractivity contribution in [3.63, 3.8) is 0 Å². The Morgan fingerprint density at radius 1 is 1.26 bits per heavy atom. The van der Waals surface area contributed by atoms with Crippen molar-refractivity contribution in [1.82, 2.24) is 4.90 Å². The standard InChI is InChI=1S/C16H20N2O/c1-18(15-5-3-2-4-6-15)12-16(19)14-9-7-13(11-17)8-10-14/h7-10,15H,2-6,12H2,1H3. The molecule has 1 aliphatic rings. The molecular weight excluding hydrogens is 236 g/mol. The molecule has 1 fully saturated rings. The van der Waals surface area contributed by atoms with E-state index in [-0.39, 0.29) is 5.78 Å². The van der Waals surface area contributed by atoms with E-state index in [2.05, 4.69) is 11.0 Å². The highest BCUT2D eigenvalue weighted by Gasteiger charge is 2.20. The number of nitrogens with zero attached hydrogens (tertiary/aromatic N) is 2. The molecule has 100 valence electrons. The van der Waals surface area contributed by atoms with Crippen LogP contribution in [-0.4, -0.2) is 30.3 Å². The molecule has 0 aromatic heterocycles. The van der Waals surface area contributed by atoms with Crippen molar-refractivity contribution < 1.29 is 4.79 Å². The van der Waals surface area contributed by atoms with Gasteiger partial charge in [0.15, 0.2) is 5.78 Å². The van der Waals surface area contributed by atoms with Crippen molar-refractivity contribution in [1.29, 1.82) is 5.26 Å². The van der Waals surface area contributed by atoms with E-state index in [9.17, 15) is 4.79 Å². The van der Waals surface area contributed by atoms with Gasteiger partial charge in [-0.3, -0.25) is 9.69 Å². The predicted molar refractivity (Wildman–Crippen MR) is 75.0 cm³/mol. The third-order valence-electron chi connectivity index (χ3n) is 3.93. The van der Waals surface area contributed by atoms with Crippen molar-refractivity contribution in [3.8, 4) is 6.07 Å². The number of hydrogen-bond acceptors (Lipinski definition) is 3. The number of likely N-dealkylation sites (N-methyl/N-ethyl adjacent to an activating group) is 1. The van der Waals surface area contributed by atoms with E-state index in [1.807, 2.05) is 7.05 Å². The Morgan fingerprint density at radius 3 is 2.47 bits per heavy atom. The molecule has 1 aliphatic carbocycles. The van der Waals surface area contributed by atoms with Crippen LogP contribution in [0.2, 0.25) is 0 Å². The van der Waals surface area contributed by atoms with E-state index in [0.29, 0.717) is 23.7 Å². The molecule has 1 aromatic rings. The summed E-state index contributed by atoms with van der Waals surface area (Å²) in [5.74, 6) is 0.137. The Bertz CT molecular complexity index is 467. The molecule has 0 amide bonds. The summed E-state index contributed by atoms with van der Waals surface area (Å²) in [6, 6.07) is 9.51. The molecule has 1 saturated carbocycles. The van der Waals surface area contributed by atoms with Gasteiger partial charge >= 0.3 is 0 Å². The molecule has 0 unspecified atom stereocenters. The molecule has 0 bridgehead atoms. The van der Waals surface area contributed by atoms with Gasteiger partial charge in [-0.2, -0.15) is 5.26 Å². The zero-order valence-corrected chi connectivity index (χ0v) is 11.4. The summed E-state index contributed by atoms with van der Waals surface area (Å²) in [6.07, 6.45) is 6.29. The minimum absolute atomic E-state index is 0.137. The van der Waals surface area contributed by atoms with Crippen LogP contribution in [0.1, 0.15) is 48.0 Å². The number of carbonyl (C=O) groups is 1. The average Bonchev–Trinajstić information content (AvgIpc) is 2.48. The van der Waals surface area contributed by atoms with Gasteiger partial charge in [-0.05, 0) is 32.0 Å². The van der Waals surface area contributed by atoms with Crippen LogP contribution in [0.5, 0.6) is 0 Å². The smallest absolute Gasteiger partial charge is 0.176 e. The van der Waals surface area contributed by atoms with Gasteiger partial charge in [0.2, 0.25) is 0 Å². The molecule has 0 atom stereocenters. The van der Waals surface area contributed by atoms with Gasteiger partial charge in [0.1, 0.15) is 0 Å². The third-order valence-corrected chi connectivity index (χ3v) is 3.93.